The molecule has 2 aromatic rings. The summed E-state index contributed by atoms with van der Waals surface area (Å²) in [4.78, 5) is 23.6. The van der Waals surface area contributed by atoms with Crippen LogP contribution in [-0.4, -0.2) is 38.2 Å². The number of rotatable bonds is 4. The minimum absolute atomic E-state index is 0.0133. The van der Waals surface area contributed by atoms with Gasteiger partial charge in [-0.15, -0.1) is 5.10 Å². The van der Waals surface area contributed by atoms with E-state index in [9.17, 15) is 4.79 Å². The van der Waals surface area contributed by atoms with Crippen molar-refractivity contribution in [1.29, 1.82) is 0 Å². The van der Waals surface area contributed by atoms with Gasteiger partial charge in [-0.2, -0.15) is 4.98 Å². The first-order valence-electron chi connectivity index (χ1n) is 5.43. The molecule has 0 aliphatic carbocycles. The molecule has 0 atom stereocenters. The Labute approximate surface area is 113 Å². The van der Waals surface area contributed by atoms with Gasteiger partial charge in [0.1, 0.15) is 11.0 Å². The maximum atomic E-state index is 11.8. The van der Waals surface area contributed by atoms with Crippen LogP contribution in [-0.2, 0) is 6.42 Å². The number of hydrogen-bond acceptors (Lipinski definition) is 6. The van der Waals surface area contributed by atoms with E-state index in [1.807, 2.05) is 6.92 Å². The summed E-state index contributed by atoms with van der Waals surface area (Å²) in [6, 6.07) is 1.43. The van der Waals surface area contributed by atoms with Crippen molar-refractivity contribution in [2.45, 2.75) is 13.3 Å². The Kier molecular flexibility index (Phi) is 3.91. The van der Waals surface area contributed by atoms with E-state index in [0.717, 1.165) is 0 Å². The lowest BCUT2D eigenvalue weighted by Gasteiger charge is -2.03. The number of ether oxygens (including phenoxy) is 1. The lowest BCUT2D eigenvalue weighted by atomic mass is 10.5. The topological polar surface area (TPSA) is 106 Å². The van der Waals surface area contributed by atoms with Gasteiger partial charge in [-0.25, -0.2) is 9.97 Å². The fourth-order valence-electron chi connectivity index (χ4n) is 1.27. The number of nitrogens with one attached hydrogen (secondary N) is 2. The summed E-state index contributed by atoms with van der Waals surface area (Å²) < 4.78 is 4.92. The number of anilines is 1. The molecule has 0 fully saturated rings. The molecule has 100 valence electrons. The lowest BCUT2D eigenvalue weighted by molar-refractivity contribution is 0.101. The van der Waals surface area contributed by atoms with Gasteiger partial charge in [0.05, 0.1) is 7.11 Å². The van der Waals surface area contributed by atoms with Gasteiger partial charge in [0, 0.05) is 12.5 Å². The molecular weight excluding hydrogens is 272 g/mol. The Morgan fingerprint density at radius 1 is 1.47 bits per heavy atom. The molecule has 0 radical (unpaired) electrons. The van der Waals surface area contributed by atoms with Crippen molar-refractivity contribution in [2.24, 2.45) is 0 Å². The quantitative estimate of drug-likeness (QED) is 0.813. The second kappa shape index (κ2) is 5.61. The van der Waals surface area contributed by atoms with Gasteiger partial charge in [0.2, 0.25) is 17.7 Å². The summed E-state index contributed by atoms with van der Waals surface area (Å²) in [7, 11) is 1.44. The van der Waals surface area contributed by atoms with Crippen LogP contribution in [0.25, 0.3) is 0 Å². The number of nitrogens with zero attached hydrogens (tertiary/aromatic N) is 4. The zero-order valence-electron chi connectivity index (χ0n) is 10.3. The van der Waals surface area contributed by atoms with Crippen LogP contribution in [0.15, 0.2) is 6.07 Å². The summed E-state index contributed by atoms with van der Waals surface area (Å²) in [6.45, 7) is 1.90. The van der Waals surface area contributed by atoms with Gasteiger partial charge in [0.25, 0.3) is 5.91 Å². The molecule has 2 heterocycles. The predicted octanol–water partition coefficient (Wildman–Crippen LogP) is 1.07. The van der Waals surface area contributed by atoms with E-state index < -0.39 is 5.91 Å². The minimum Gasteiger partial charge on any atom is -0.481 e. The smallest absolute Gasteiger partial charge is 0.297 e. The van der Waals surface area contributed by atoms with Crippen molar-refractivity contribution >= 4 is 23.5 Å². The summed E-state index contributed by atoms with van der Waals surface area (Å²) in [5.41, 5.74) is 0. The molecule has 0 aliphatic rings. The van der Waals surface area contributed by atoms with Crippen LogP contribution in [0.3, 0.4) is 0 Å². The Hall–Kier alpha value is -2.22. The van der Waals surface area contributed by atoms with E-state index in [4.69, 9.17) is 16.3 Å². The maximum Gasteiger partial charge on any atom is 0.297 e. The Morgan fingerprint density at radius 2 is 2.26 bits per heavy atom. The molecule has 0 spiro atoms. The Bertz CT molecular complexity index is 599. The molecule has 2 rings (SSSR count). The number of carbonyl (C=O) groups excluding carboxylic acids is 1. The average Bonchev–Trinajstić information content (AvgIpc) is 2.86. The van der Waals surface area contributed by atoms with Crippen LogP contribution in [0.1, 0.15) is 23.4 Å². The van der Waals surface area contributed by atoms with Crippen molar-refractivity contribution in [3.63, 3.8) is 0 Å². The van der Waals surface area contributed by atoms with Gasteiger partial charge < -0.3 is 4.74 Å². The number of aromatic nitrogens is 5. The van der Waals surface area contributed by atoms with Crippen molar-refractivity contribution in [3.05, 3.63) is 22.9 Å². The fourth-order valence-corrected chi connectivity index (χ4v) is 1.44. The van der Waals surface area contributed by atoms with Gasteiger partial charge in [0.15, 0.2) is 0 Å². The summed E-state index contributed by atoms with van der Waals surface area (Å²) in [5, 5.41) is 9.02. The van der Waals surface area contributed by atoms with Crippen LogP contribution < -0.4 is 10.1 Å². The summed E-state index contributed by atoms with van der Waals surface area (Å²) in [6.07, 6.45) is 0.655. The third-order valence-corrected chi connectivity index (χ3v) is 2.37. The zero-order chi connectivity index (χ0) is 13.8. The summed E-state index contributed by atoms with van der Waals surface area (Å²) >= 11 is 5.76. The Balaban J connectivity index is 2.16. The standard InChI is InChI=1S/C10H11ClN6O2/c1-3-6-13-8(17-16-6)9(18)15-10-12-5(11)4-7(14-10)19-2/h4H,3H2,1-2H3,(H,13,16,17)(H,12,14,15,18). The van der Waals surface area contributed by atoms with Crippen LogP contribution >= 0.6 is 11.6 Å². The second-order valence-electron chi connectivity index (χ2n) is 3.47. The van der Waals surface area contributed by atoms with Crippen LogP contribution in [0.2, 0.25) is 5.15 Å². The maximum absolute atomic E-state index is 11.8. The number of aromatic amines is 1. The first kappa shape index (κ1) is 13.2. The molecule has 0 unspecified atom stereocenters. The minimum atomic E-state index is -0.528. The SMILES string of the molecule is CCc1nc(C(=O)Nc2nc(Cl)cc(OC)n2)n[nH]1. The molecule has 0 bridgehead atoms. The number of H-pyrrole nitrogens is 1. The molecule has 0 aromatic carbocycles. The molecule has 19 heavy (non-hydrogen) atoms. The number of carbonyl (C=O) groups is 1. The molecule has 2 aromatic heterocycles. The van der Waals surface area contributed by atoms with Crippen LogP contribution in [0, 0.1) is 0 Å². The van der Waals surface area contributed by atoms with Gasteiger partial charge in [-0.1, -0.05) is 18.5 Å². The van der Waals surface area contributed by atoms with Crippen LogP contribution in [0.4, 0.5) is 5.95 Å². The molecule has 0 aliphatic heterocycles. The number of amides is 1. The van der Waals surface area contributed by atoms with E-state index in [0.29, 0.717) is 12.2 Å². The number of aryl methyl sites for hydroxylation is 1. The highest BCUT2D eigenvalue weighted by Crippen LogP contribution is 2.15. The Morgan fingerprint density at radius 3 is 2.89 bits per heavy atom. The highest BCUT2D eigenvalue weighted by atomic mass is 35.5. The van der Waals surface area contributed by atoms with E-state index in [1.54, 1.807) is 0 Å². The molecule has 1 amide bonds. The molecular formula is C10H11ClN6O2. The predicted molar refractivity (Wildman–Crippen MR) is 67.3 cm³/mol. The molecule has 0 saturated heterocycles. The average molecular weight is 283 g/mol. The first-order valence-corrected chi connectivity index (χ1v) is 5.81. The number of methoxy groups -OCH3 is 1. The molecule has 0 saturated carbocycles. The number of hydrogen-bond donors (Lipinski definition) is 2. The van der Waals surface area contributed by atoms with Gasteiger partial charge in [-0.3, -0.25) is 15.2 Å². The van der Waals surface area contributed by atoms with Crippen molar-refractivity contribution in [1.82, 2.24) is 25.1 Å². The fraction of sp³-hybridized carbons (Fsp3) is 0.300. The van der Waals surface area contributed by atoms with Crippen molar-refractivity contribution < 1.29 is 9.53 Å². The highest BCUT2D eigenvalue weighted by molar-refractivity contribution is 6.29. The normalized spacial score (nSPS) is 10.3. The van der Waals surface area contributed by atoms with Gasteiger partial charge in [-0.05, 0) is 0 Å². The molecule has 2 N–H and O–H groups in total. The van der Waals surface area contributed by atoms with E-state index in [-0.39, 0.29) is 22.8 Å². The van der Waals surface area contributed by atoms with Crippen LogP contribution in [0.5, 0.6) is 5.88 Å². The van der Waals surface area contributed by atoms with E-state index in [2.05, 4.69) is 30.5 Å². The van der Waals surface area contributed by atoms with Crippen molar-refractivity contribution in [3.8, 4) is 5.88 Å². The largest absolute Gasteiger partial charge is 0.481 e. The monoisotopic (exact) mass is 282 g/mol. The van der Waals surface area contributed by atoms with Crippen molar-refractivity contribution in [2.75, 3.05) is 12.4 Å². The lowest BCUT2D eigenvalue weighted by Crippen LogP contribution is -2.16. The third kappa shape index (κ3) is 3.16. The third-order valence-electron chi connectivity index (χ3n) is 2.18. The van der Waals surface area contributed by atoms with E-state index in [1.165, 1.54) is 13.2 Å². The molecule has 8 nitrogen and oxygen atoms in total. The number of halogens is 1. The first-order chi connectivity index (χ1) is 9.12. The van der Waals surface area contributed by atoms with Gasteiger partial charge >= 0.3 is 0 Å². The summed E-state index contributed by atoms with van der Waals surface area (Å²) in [5.74, 6) is 0.381. The second-order valence-corrected chi connectivity index (χ2v) is 3.86. The zero-order valence-corrected chi connectivity index (χ0v) is 11.0. The molecule has 9 heteroatoms. The highest BCUT2D eigenvalue weighted by Gasteiger charge is 2.14. The van der Waals surface area contributed by atoms with E-state index >= 15 is 0 Å².